The molecule has 2 aliphatic rings. The number of rotatable bonds is 6. The molecule has 33 heavy (non-hydrogen) atoms. The van der Waals surface area contributed by atoms with Crippen molar-refractivity contribution in [1.29, 1.82) is 0 Å². The molecule has 1 heterocycles. The maximum Gasteiger partial charge on any atom is 0.244 e. The van der Waals surface area contributed by atoms with Crippen molar-refractivity contribution in [2.75, 3.05) is 19.6 Å². The number of piperidine rings is 1. The van der Waals surface area contributed by atoms with Crippen molar-refractivity contribution in [3.63, 3.8) is 0 Å². The molecule has 1 saturated heterocycles. The van der Waals surface area contributed by atoms with Crippen LogP contribution in [-0.2, 0) is 4.79 Å². The van der Waals surface area contributed by atoms with Crippen molar-refractivity contribution in [2.45, 2.75) is 44.1 Å². The molecule has 1 saturated carbocycles. The highest BCUT2D eigenvalue weighted by Gasteiger charge is 2.29. The van der Waals surface area contributed by atoms with Gasteiger partial charge in [-0.2, -0.15) is 0 Å². The standard InChI is InChI=1S/C26H28F4N2O/c27-21-11-17(12-22(28)15-21)2-6-26(33)31-23-4-1-18(13-23)16-32-9-7-19(8-10-32)20-3-5-24(29)25(30)14-20/h2-3,5-6,11-12,14-15,18-19,23H,1,4,7-10,13,16H2,(H,31,33)/t18-,23+/m0/s1. The Morgan fingerprint density at radius 2 is 1.67 bits per heavy atom. The summed E-state index contributed by atoms with van der Waals surface area (Å²) in [6, 6.07) is 7.44. The van der Waals surface area contributed by atoms with Crippen molar-refractivity contribution < 1.29 is 22.4 Å². The van der Waals surface area contributed by atoms with Gasteiger partial charge in [0.1, 0.15) is 11.6 Å². The molecular formula is C26H28F4N2O. The minimum absolute atomic E-state index is 0.0936. The Hall–Kier alpha value is -2.67. The summed E-state index contributed by atoms with van der Waals surface area (Å²) in [4.78, 5) is 14.6. The summed E-state index contributed by atoms with van der Waals surface area (Å²) in [5.74, 6) is -2.46. The zero-order chi connectivity index (χ0) is 23.4. The highest BCUT2D eigenvalue weighted by atomic mass is 19.2. The Bertz CT molecular complexity index is 997. The summed E-state index contributed by atoms with van der Waals surface area (Å²) < 4.78 is 53.2. The maximum atomic E-state index is 13.5. The summed E-state index contributed by atoms with van der Waals surface area (Å²) in [6.45, 7) is 2.81. The number of carbonyl (C=O) groups is 1. The Labute approximate surface area is 191 Å². The number of benzene rings is 2. The van der Waals surface area contributed by atoms with Crippen LogP contribution in [0.25, 0.3) is 6.08 Å². The number of halogens is 4. The summed E-state index contributed by atoms with van der Waals surface area (Å²) in [6.07, 6.45) is 7.40. The number of nitrogens with one attached hydrogen (secondary N) is 1. The van der Waals surface area contributed by atoms with Crippen molar-refractivity contribution in [3.8, 4) is 0 Å². The molecule has 2 aromatic carbocycles. The third-order valence-electron chi connectivity index (χ3n) is 6.72. The van der Waals surface area contributed by atoms with Gasteiger partial charge in [0.15, 0.2) is 11.6 Å². The molecule has 0 spiro atoms. The van der Waals surface area contributed by atoms with Gasteiger partial charge in [0.05, 0.1) is 0 Å². The zero-order valence-electron chi connectivity index (χ0n) is 18.4. The van der Waals surface area contributed by atoms with Crippen LogP contribution in [0.2, 0.25) is 0 Å². The number of carbonyl (C=O) groups excluding carboxylic acids is 1. The van der Waals surface area contributed by atoms with Gasteiger partial charge in [-0.05, 0) is 98.5 Å². The smallest absolute Gasteiger partial charge is 0.244 e. The Morgan fingerprint density at radius 1 is 0.939 bits per heavy atom. The maximum absolute atomic E-state index is 13.5. The first-order valence-corrected chi connectivity index (χ1v) is 11.5. The van der Waals surface area contributed by atoms with Gasteiger partial charge < -0.3 is 10.2 Å². The highest BCUT2D eigenvalue weighted by Crippen LogP contribution is 2.32. The lowest BCUT2D eigenvalue weighted by Crippen LogP contribution is -2.37. The SMILES string of the molecule is O=C(C=Cc1cc(F)cc(F)c1)N[C@@H]1CC[C@H](CN2CCC(c3ccc(F)c(F)c3)CC2)C1. The van der Waals surface area contributed by atoms with Gasteiger partial charge in [-0.3, -0.25) is 4.79 Å². The molecule has 0 bridgehead atoms. The molecule has 0 unspecified atom stereocenters. The second kappa shape index (κ2) is 10.5. The van der Waals surface area contributed by atoms with E-state index in [-0.39, 0.29) is 17.9 Å². The molecule has 0 radical (unpaired) electrons. The molecular weight excluding hydrogens is 432 g/mol. The van der Waals surface area contributed by atoms with Crippen LogP contribution < -0.4 is 5.32 Å². The van der Waals surface area contributed by atoms with Crippen LogP contribution in [0.15, 0.2) is 42.5 Å². The second-order valence-electron chi connectivity index (χ2n) is 9.17. The molecule has 1 aliphatic carbocycles. The number of hydrogen-bond donors (Lipinski definition) is 1. The molecule has 176 valence electrons. The predicted molar refractivity (Wildman–Crippen MR) is 119 cm³/mol. The first-order chi connectivity index (χ1) is 15.9. The lowest BCUT2D eigenvalue weighted by atomic mass is 9.89. The Kier molecular flexibility index (Phi) is 7.48. The summed E-state index contributed by atoms with van der Waals surface area (Å²) >= 11 is 0. The van der Waals surface area contributed by atoms with Gasteiger partial charge in [0, 0.05) is 24.7 Å². The molecule has 4 rings (SSSR count). The van der Waals surface area contributed by atoms with Crippen molar-refractivity contribution in [2.24, 2.45) is 5.92 Å². The van der Waals surface area contributed by atoms with E-state index >= 15 is 0 Å². The van der Waals surface area contributed by atoms with E-state index < -0.39 is 23.3 Å². The molecule has 2 fully saturated rings. The normalized spacial score (nSPS) is 22.2. The molecule has 1 aliphatic heterocycles. The van der Waals surface area contributed by atoms with Gasteiger partial charge >= 0.3 is 0 Å². The largest absolute Gasteiger partial charge is 0.350 e. The first-order valence-electron chi connectivity index (χ1n) is 11.5. The van der Waals surface area contributed by atoms with Gasteiger partial charge in [-0.1, -0.05) is 6.07 Å². The van der Waals surface area contributed by atoms with Crippen LogP contribution in [0.5, 0.6) is 0 Å². The molecule has 1 N–H and O–H groups in total. The third kappa shape index (κ3) is 6.44. The monoisotopic (exact) mass is 460 g/mol. The molecule has 3 nitrogen and oxygen atoms in total. The molecule has 7 heteroatoms. The summed E-state index contributed by atoms with van der Waals surface area (Å²) in [5, 5.41) is 2.99. The lowest BCUT2D eigenvalue weighted by Gasteiger charge is -2.33. The fourth-order valence-corrected chi connectivity index (χ4v) is 5.04. The zero-order valence-corrected chi connectivity index (χ0v) is 18.4. The van der Waals surface area contributed by atoms with Crippen LogP contribution in [0.4, 0.5) is 17.6 Å². The topological polar surface area (TPSA) is 32.3 Å². The van der Waals surface area contributed by atoms with Crippen LogP contribution in [-0.4, -0.2) is 36.5 Å². The van der Waals surface area contributed by atoms with E-state index in [4.69, 9.17) is 0 Å². The fourth-order valence-electron chi connectivity index (χ4n) is 5.04. The van der Waals surface area contributed by atoms with Gasteiger partial charge in [-0.15, -0.1) is 0 Å². The molecule has 2 atom stereocenters. The molecule has 2 aromatic rings. The van der Waals surface area contributed by atoms with E-state index in [2.05, 4.69) is 10.2 Å². The van der Waals surface area contributed by atoms with Gasteiger partial charge in [0.25, 0.3) is 0 Å². The quantitative estimate of drug-likeness (QED) is 0.461. The van der Waals surface area contributed by atoms with Gasteiger partial charge in [-0.25, -0.2) is 17.6 Å². The average Bonchev–Trinajstić information content (AvgIpc) is 3.21. The molecule has 1 amide bonds. The van der Waals surface area contributed by atoms with Crippen molar-refractivity contribution in [1.82, 2.24) is 10.2 Å². The summed E-state index contributed by atoms with van der Waals surface area (Å²) in [5.41, 5.74) is 1.17. The number of likely N-dealkylation sites (tertiary alicyclic amines) is 1. The van der Waals surface area contributed by atoms with Crippen molar-refractivity contribution in [3.05, 3.63) is 76.9 Å². The minimum atomic E-state index is -0.808. The predicted octanol–water partition coefficient (Wildman–Crippen LogP) is 5.42. The van der Waals surface area contributed by atoms with E-state index in [1.165, 1.54) is 36.4 Å². The van der Waals surface area contributed by atoms with Crippen LogP contribution in [0.3, 0.4) is 0 Å². The number of amides is 1. The van der Waals surface area contributed by atoms with Crippen LogP contribution in [0, 0.1) is 29.2 Å². The number of hydrogen-bond acceptors (Lipinski definition) is 2. The fraction of sp³-hybridized carbons (Fsp3) is 0.423. The van der Waals surface area contributed by atoms with E-state index in [1.54, 1.807) is 6.07 Å². The van der Waals surface area contributed by atoms with Crippen LogP contribution >= 0.6 is 0 Å². The molecule has 0 aromatic heterocycles. The van der Waals surface area contributed by atoms with Crippen LogP contribution in [0.1, 0.15) is 49.1 Å². The van der Waals surface area contributed by atoms with E-state index in [0.717, 1.165) is 63.4 Å². The Balaban J connectivity index is 1.20. The minimum Gasteiger partial charge on any atom is -0.350 e. The average molecular weight is 461 g/mol. The second-order valence-corrected chi connectivity index (χ2v) is 9.17. The van der Waals surface area contributed by atoms with E-state index in [0.29, 0.717) is 11.5 Å². The third-order valence-corrected chi connectivity index (χ3v) is 6.72. The Morgan fingerprint density at radius 3 is 2.36 bits per heavy atom. The highest BCUT2D eigenvalue weighted by molar-refractivity contribution is 5.91. The van der Waals surface area contributed by atoms with Crippen molar-refractivity contribution >= 4 is 12.0 Å². The first kappa shape index (κ1) is 23.5. The number of nitrogens with zero attached hydrogens (tertiary/aromatic N) is 1. The lowest BCUT2D eigenvalue weighted by molar-refractivity contribution is -0.117. The van der Waals surface area contributed by atoms with Gasteiger partial charge in [0.2, 0.25) is 5.91 Å². The van der Waals surface area contributed by atoms with E-state index in [9.17, 15) is 22.4 Å². The van der Waals surface area contributed by atoms with E-state index in [1.807, 2.05) is 0 Å². The summed E-state index contributed by atoms with van der Waals surface area (Å²) in [7, 11) is 0.